The minimum absolute atomic E-state index is 0.694. The van der Waals surface area contributed by atoms with Crippen LogP contribution in [0.2, 0.25) is 0 Å². The van der Waals surface area contributed by atoms with Crippen LogP contribution in [0.5, 0.6) is 0 Å². The van der Waals surface area contributed by atoms with Gasteiger partial charge in [-0.15, -0.1) is 0 Å². The van der Waals surface area contributed by atoms with Crippen molar-refractivity contribution in [3.63, 3.8) is 0 Å². The van der Waals surface area contributed by atoms with E-state index in [0.29, 0.717) is 0 Å². The molecule has 0 saturated carbocycles. The van der Waals surface area contributed by atoms with E-state index in [1.165, 1.54) is 0 Å². The van der Waals surface area contributed by atoms with Crippen molar-refractivity contribution in [2.75, 3.05) is 6.61 Å². The summed E-state index contributed by atoms with van der Waals surface area (Å²) in [6.45, 7) is 0.266. The van der Waals surface area contributed by atoms with Gasteiger partial charge in [0.05, 0.1) is 6.61 Å². The van der Waals surface area contributed by atoms with Crippen LogP contribution in [0.4, 0.5) is 0 Å². The van der Waals surface area contributed by atoms with Crippen molar-refractivity contribution in [1.82, 2.24) is 0 Å². The van der Waals surface area contributed by atoms with Crippen molar-refractivity contribution in [3.05, 3.63) is 0 Å². The highest BCUT2D eigenvalue weighted by Gasteiger charge is 2.55. The van der Waals surface area contributed by atoms with Crippen LogP contribution in [-0.4, -0.2) is 68.1 Å². The van der Waals surface area contributed by atoms with Gasteiger partial charge in [-0.25, -0.2) is 0 Å². The Hall–Kier alpha value is -0.570. The highest BCUT2D eigenvalue weighted by molar-refractivity contribution is 5.84. The van der Waals surface area contributed by atoms with Crippen molar-refractivity contribution in [1.29, 1.82) is 0 Å². The second kappa shape index (κ2) is 4.12. The zero-order valence-corrected chi connectivity index (χ0v) is 8.07. The minimum atomic E-state index is -2.59. The van der Waals surface area contributed by atoms with Gasteiger partial charge in [-0.05, 0) is 0 Å². The summed E-state index contributed by atoms with van der Waals surface area (Å²) in [4.78, 5) is 11.0. The van der Waals surface area contributed by atoms with Gasteiger partial charge in [-0.2, -0.15) is 0 Å². The van der Waals surface area contributed by atoms with Crippen LogP contribution in [0.25, 0.3) is 0 Å². The maximum Gasteiger partial charge on any atom is 0.256 e. The number of carbonyl (C=O) groups excluding carboxylic acids is 1. The Labute approximate surface area is 85.5 Å². The number of hydrogen-bond donors (Lipinski definition) is 5. The zero-order chi connectivity index (χ0) is 11.8. The molecule has 0 aromatic carbocycles. The molecule has 0 bridgehead atoms. The largest absolute Gasteiger partial charge is 0.394 e. The van der Waals surface area contributed by atoms with Gasteiger partial charge in [-0.1, -0.05) is 0 Å². The molecule has 0 aliphatic carbocycles. The Bertz CT molecular complexity index is 253. The molecule has 0 spiro atoms. The van der Waals surface area contributed by atoms with Gasteiger partial charge in [0.1, 0.15) is 24.4 Å². The third-order valence-corrected chi connectivity index (χ3v) is 2.47. The average molecular weight is 222 g/mol. The van der Waals surface area contributed by atoms with Crippen LogP contribution in [-0.2, 0) is 9.53 Å². The van der Waals surface area contributed by atoms with Crippen LogP contribution in [0.1, 0.15) is 6.92 Å². The lowest BCUT2D eigenvalue weighted by molar-refractivity contribution is -0.330. The molecule has 7 heteroatoms. The van der Waals surface area contributed by atoms with E-state index in [0.717, 1.165) is 6.92 Å². The predicted octanol–water partition coefficient (Wildman–Crippen LogP) is -3.26. The Kier molecular flexibility index (Phi) is 3.44. The smallest absolute Gasteiger partial charge is 0.256 e. The van der Waals surface area contributed by atoms with E-state index in [2.05, 4.69) is 4.74 Å². The second-order valence-corrected chi connectivity index (χ2v) is 3.52. The summed E-state index contributed by atoms with van der Waals surface area (Å²) in [6, 6.07) is 0. The quantitative estimate of drug-likeness (QED) is 0.332. The van der Waals surface area contributed by atoms with Crippen molar-refractivity contribution in [3.8, 4) is 0 Å². The molecule has 1 fully saturated rings. The molecule has 1 aliphatic rings. The molecule has 0 radical (unpaired) electrons. The van der Waals surface area contributed by atoms with E-state index in [4.69, 9.17) is 5.11 Å². The molecule has 7 nitrogen and oxygen atoms in total. The topological polar surface area (TPSA) is 127 Å². The summed E-state index contributed by atoms with van der Waals surface area (Å²) < 4.78 is 4.68. The first kappa shape index (κ1) is 12.5. The number of aliphatic hydroxyl groups is 5. The van der Waals surface area contributed by atoms with Gasteiger partial charge in [-0.3, -0.25) is 4.79 Å². The van der Waals surface area contributed by atoms with Crippen LogP contribution in [0.15, 0.2) is 0 Å². The molecule has 1 rings (SSSR count). The van der Waals surface area contributed by atoms with Crippen molar-refractivity contribution >= 4 is 5.78 Å². The fourth-order valence-electron chi connectivity index (χ4n) is 1.44. The van der Waals surface area contributed by atoms with E-state index in [9.17, 15) is 25.2 Å². The molecule has 0 aromatic heterocycles. The predicted molar refractivity (Wildman–Crippen MR) is 45.6 cm³/mol. The van der Waals surface area contributed by atoms with Gasteiger partial charge in [0.2, 0.25) is 0 Å². The summed E-state index contributed by atoms with van der Waals surface area (Å²) >= 11 is 0. The molecule has 88 valence electrons. The number of aliphatic hydroxyl groups excluding tert-OH is 4. The Balaban J connectivity index is 2.97. The summed E-state index contributed by atoms with van der Waals surface area (Å²) in [5, 5.41) is 46.4. The first-order valence-electron chi connectivity index (χ1n) is 4.41. The van der Waals surface area contributed by atoms with E-state index in [1.807, 2.05) is 0 Å². The number of Topliss-reactive ketones (excluding diaryl/α,β-unsaturated/α-hetero) is 1. The average Bonchev–Trinajstić information content (AvgIpc) is 2.20. The van der Waals surface area contributed by atoms with Gasteiger partial charge < -0.3 is 30.3 Å². The Morgan fingerprint density at radius 2 is 1.87 bits per heavy atom. The van der Waals surface area contributed by atoms with Gasteiger partial charge >= 0.3 is 0 Å². The van der Waals surface area contributed by atoms with Crippen molar-refractivity contribution in [2.24, 2.45) is 0 Å². The molecule has 0 aromatic rings. The molecule has 1 aliphatic heterocycles. The lowest BCUT2D eigenvalue weighted by Gasteiger charge is -2.43. The Morgan fingerprint density at radius 1 is 1.33 bits per heavy atom. The molecule has 0 amide bonds. The lowest BCUT2D eigenvalue weighted by Crippen LogP contribution is -2.67. The highest BCUT2D eigenvalue weighted by atomic mass is 16.7. The third kappa shape index (κ3) is 1.89. The summed E-state index contributed by atoms with van der Waals surface area (Å²) in [5.41, 5.74) is 0. The molecular formula is C8H14O7. The van der Waals surface area contributed by atoms with Gasteiger partial charge in [0, 0.05) is 6.92 Å². The number of ether oxygens (including phenoxy) is 1. The fourth-order valence-corrected chi connectivity index (χ4v) is 1.44. The summed E-state index contributed by atoms with van der Waals surface area (Å²) in [5.74, 6) is -3.51. The monoisotopic (exact) mass is 222 g/mol. The first-order chi connectivity index (χ1) is 6.84. The van der Waals surface area contributed by atoms with Gasteiger partial charge in [0.25, 0.3) is 5.79 Å². The zero-order valence-electron chi connectivity index (χ0n) is 8.07. The van der Waals surface area contributed by atoms with Crippen LogP contribution < -0.4 is 0 Å². The molecule has 5 N–H and O–H groups in total. The first-order valence-corrected chi connectivity index (χ1v) is 4.41. The number of ketones is 1. The van der Waals surface area contributed by atoms with Crippen molar-refractivity contribution < 1.29 is 35.1 Å². The fraction of sp³-hybridized carbons (Fsp3) is 0.875. The standard InChI is InChI=1S/C8H14O7/c1-3(10)8(14)7(13)6(12)5(11)4(2-9)15-8/h4-7,9,11-14H,2H2,1H3. The highest BCUT2D eigenvalue weighted by Crippen LogP contribution is 2.28. The normalized spacial score (nSPS) is 46.5. The van der Waals surface area contributed by atoms with Crippen LogP contribution in [0.3, 0.4) is 0 Å². The maximum absolute atomic E-state index is 11.0. The number of hydrogen-bond acceptors (Lipinski definition) is 7. The van der Waals surface area contributed by atoms with Gasteiger partial charge in [0.15, 0.2) is 5.78 Å². The maximum atomic E-state index is 11.0. The lowest BCUT2D eigenvalue weighted by atomic mass is 9.90. The van der Waals surface area contributed by atoms with E-state index < -0.39 is 42.6 Å². The molecule has 1 heterocycles. The Morgan fingerprint density at radius 3 is 2.27 bits per heavy atom. The van der Waals surface area contributed by atoms with E-state index in [1.54, 1.807) is 0 Å². The number of rotatable bonds is 2. The molecule has 5 atom stereocenters. The summed E-state index contributed by atoms with van der Waals surface area (Å²) in [6.07, 6.45) is -6.60. The van der Waals surface area contributed by atoms with Crippen LogP contribution >= 0.6 is 0 Å². The van der Waals surface area contributed by atoms with E-state index >= 15 is 0 Å². The SMILES string of the molecule is CC(=O)C1(O)OC(CO)C(O)C(O)C1O. The molecular weight excluding hydrogens is 208 g/mol. The minimum Gasteiger partial charge on any atom is -0.394 e. The second-order valence-electron chi connectivity index (χ2n) is 3.52. The molecule has 1 saturated heterocycles. The molecule has 5 unspecified atom stereocenters. The van der Waals surface area contributed by atoms with Crippen molar-refractivity contribution in [2.45, 2.75) is 37.1 Å². The van der Waals surface area contributed by atoms with E-state index in [-0.39, 0.29) is 0 Å². The van der Waals surface area contributed by atoms with Crippen LogP contribution in [0, 0.1) is 0 Å². The number of carbonyl (C=O) groups is 1. The molecule has 15 heavy (non-hydrogen) atoms. The summed E-state index contributed by atoms with van der Waals surface area (Å²) in [7, 11) is 0. The third-order valence-electron chi connectivity index (χ3n) is 2.47.